The first-order chi connectivity index (χ1) is 22.8. The van der Waals surface area contributed by atoms with E-state index in [1.807, 2.05) is 22.7 Å². The van der Waals surface area contributed by atoms with Gasteiger partial charge in [-0.2, -0.15) is 8.82 Å². The highest BCUT2D eigenvalue weighted by molar-refractivity contribution is 7.22. The highest BCUT2D eigenvalue weighted by Crippen LogP contribution is 2.34. The molecule has 0 N–H and O–H groups in total. The molecule has 0 saturated heterocycles. The second-order valence-corrected chi connectivity index (χ2v) is 15.8. The van der Waals surface area contributed by atoms with Gasteiger partial charge >= 0.3 is 0 Å². The molecule has 0 aliphatic carbocycles. The molecule has 8 heterocycles. The fourth-order valence-corrected chi connectivity index (χ4v) is 10.3. The maximum Gasteiger partial charge on any atom is 0.218 e. The van der Waals surface area contributed by atoms with E-state index in [2.05, 4.69) is 141 Å². The lowest BCUT2D eigenvalue weighted by atomic mass is 9.91. The van der Waals surface area contributed by atoms with E-state index in [9.17, 15) is 0 Å². The smallest absolute Gasteiger partial charge is 0.195 e. The molecule has 0 bridgehead atoms. The zero-order chi connectivity index (χ0) is 30.5. The van der Waals surface area contributed by atoms with Gasteiger partial charge in [0.2, 0.25) is 11.1 Å². The quantitative estimate of drug-likeness (QED) is 0.157. The lowest BCUT2D eigenvalue weighted by molar-refractivity contribution is -0.523. The minimum atomic E-state index is 0.915. The fourth-order valence-electron chi connectivity index (χ4n) is 6.79. The molecular weight excluding hydrogens is 637 g/mol. The monoisotopic (exact) mass is 666 g/mol. The highest BCUT2D eigenvalue weighted by atomic mass is 32.1. The van der Waals surface area contributed by atoms with Gasteiger partial charge in [-0.1, -0.05) is 30.3 Å². The summed E-state index contributed by atoms with van der Waals surface area (Å²) in [5.41, 5.74) is 6.92. The van der Waals surface area contributed by atoms with E-state index in [0.717, 1.165) is 25.8 Å². The molecule has 2 nitrogen and oxygen atoms in total. The Morgan fingerprint density at radius 2 is 1.37 bits per heavy atom. The Kier molecular flexibility index (Phi) is 7.24. The number of rotatable bonds is 6. The van der Waals surface area contributed by atoms with Crippen molar-refractivity contribution < 1.29 is 8.82 Å². The van der Waals surface area contributed by atoms with Crippen LogP contribution in [0.1, 0.15) is 27.3 Å². The molecule has 0 radical (unpaired) electrons. The van der Waals surface area contributed by atoms with Crippen LogP contribution in [0.2, 0.25) is 0 Å². The van der Waals surface area contributed by atoms with Crippen LogP contribution in [0.5, 0.6) is 0 Å². The molecule has 0 amide bonds. The lowest BCUT2D eigenvalue weighted by Crippen LogP contribution is -2.37. The molecule has 0 atom stereocenters. The van der Waals surface area contributed by atoms with Gasteiger partial charge in [-0.25, -0.2) is 0 Å². The van der Waals surface area contributed by atoms with Crippen LogP contribution in [-0.4, -0.2) is 16.8 Å². The van der Waals surface area contributed by atoms with E-state index in [0.29, 0.717) is 0 Å². The second kappa shape index (κ2) is 11.9. The molecule has 6 heteroatoms. The number of pyridine rings is 1. The molecule has 222 valence electrons. The highest BCUT2D eigenvalue weighted by Gasteiger charge is 2.30. The lowest BCUT2D eigenvalue weighted by Gasteiger charge is -2.21. The van der Waals surface area contributed by atoms with Crippen LogP contribution in [0, 0.1) is 16.8 Å². The number of hydrogen-bond donors (Lipinski definition) is 0. The Hall–Kier alpha value is -4.20. The van der Waals surface area contributed by atoms with Crippen LogP contribution in [0.3, 0.4) is 0 Å². The average Bonchev–Trinajstić information content (AvgIpc) is 3.93. The van der Waals surface area contributed by atoms with Crippen molar-refractivity contribution in [2.24, 2.45) is 0 Å². The van der Waals surface area contributed by atoms with Crippen molar-refractivity contribution >= 4 is 68.9 Å². The van der Waals surface area contributed by atoms with Crippen molar-refractivity contribution in [1.82, 2.24) is 0 Å². The largest absolute Gasteiger partial charge is 0.218 e. The summed E-state index contributed by atoms with van der Waals surface area (Å²) in [4.78, 5) is 7.91. The first-order valence-electron chi connectivity index (χ1n) is 15.6. The fraction of sp³-hybridized carbons (Fsp3) is 0.100. The van der Waals surface area contributed by atoms with Gasteiger partial charge in [0, 0.05) is 60.0 Å². The predicted molar refractivity (Wildman–Crippen MR) is 197 cm³/mol. The van der Waals surface area contributed by atoms with Gasteiger partial charge in [0.15, 0.2) is 24.7 Å². The number of aromatic nitrogens is 1. The number of hydrogen-bond acceptors (Lipinski definition) is 4. The van der Waals surface area contributed by atoms with Gasteiger partial charge in [0.25, 0.3) is 0 Å². The molecule has 9 rings (SSSR count). The third kappa shape index (κ3) is 5.16. The summed E-state index contributed by atoms with van der Waals surface area (Å²) < 4.78 is 4.91. The van der Waals surface area contributed by atoms with E-state index >= 15 is 0 Å². The zero-order valence-corrected chi connectivity index (χ0v) is 28.3. The summed E-state index contributed by atoms with van der Waals surface area (Å²) in [5, 5.41) is 8.44. The first-order valence-corrected chi connectivity index (χ1v) is 19.0. The average molecular weight is 667 g/mol. The molecular formula is C40H30N2S4+2. The van der Waals surface area contributed by atoms with E-state index in [4.69, 9.17) is 0 Å². The van der Waals surface area contributed by atoms with Crippen molar-refractivity contribution in [2.45, 2.75) is 19.3 Å². The SMILES string of the molecule is C1=C(/C=C/c2ccc(-c3cccs3)s2)CC2=c3c(ccc4c3=c3cccc[n+]3=CC4)CC[N+]2=C1/C=C/c1ccc(-c2cccs2)s1. The summed E-state index contributed by atoms with van der Waals surface area (Å²) in [6.07, 6.45) is 19.1. The molecule has 6 aromatic rings. The van der Waals surface area contributed by atoms with Crippen molar-refractivity contribution in [1.29, 1.82) is 0 Å². The van der Waals surface area contributed by atoms with E-state index < -0.39 is 0 Å². The summed E-state index contributed by atoms with van der Waals surface area (Å²) in [5.74, 6) is 0. The van der Waals surface area contributed by atoms with Gasteiger partial charge in [-0.15, -0.1) is 45.3 Å². The Labute approximate surface area is 283 Å². The summed E-state index contributed by atoms with van der Waals surface area (Å²) in [6, 6.07) is 29.0. The topological polar surface area (TPSA) is 8.91 Å². The number of allylic oxidation sites excluding steroid dienone is 3. The van der Waals surface area contributed by atoms with Crippen LogP contribution in [0.15, 0.2) is 120 Å². The Bertz CT molecular complexity index is 2460. The molecule has 46 heavy (non-hydrogen) atoms. The predicted octanol–water partition coefficient (Wildman–Crippen LogP) is 9.28. The van der Waals surface area contributed by atoms with Gasteiger partial charge in [0.1, 0.15) is 0 Å². The number of fused-ring (bicyclic) bond motifs is 5. The molecule has 0 fully saturated rings. The zero-order valence-electron chi connectivity index (χ0n) is 25.1. The molecule has 0 unspecified atom stereocenters. The Morgan fingerprint density at radius 1 is 0.630 bits per heavy atom. The molecule has 1 aromatic carbocycles. The van der Waals surface area contributed by atoms with Crippen LogP contribution in [0.25, 0.3) is 37.4 Å². The van der Waals surface area contributed by atoms with Crippen LogP contribution >= 0.6 is 45.3 Å². The molecule has 0 saturated carbocycles. The van der Waals surface area contributed by atoms with Crippen molar-refractivity contribution in [3.63, 3.8) is 0 Å². The molecule has 5 aromatic heterocycles. The number of benzene rings is 1. The first kappa shape index (κ1) is 28.1. The minimum Gasteiger partial charge on any atom is -0.195 e. The van der Waals surface area contributed by atoms with Crippen molar-refractivity contribution in [3.05, 3.63) is 163 Å². The van der Waals surface area contributed by atoms with Crippen LogP contribution in [0.4, 0.5) is 0 Å². The maximum absolute atomic E-state index is 2.59. The third-order valence-electron chi connectivity index (χ3n) is 8.93. The summed E-state index contributed by atoms with van der Waals surface area (Å²) >= 11 is 7.34. The molecule has 3 aliphatic heterocycles. The number of nitrogens with zero attached hydrogens (tertiary/aromatic N) is 2. The Morgan fingerprint density at radius 3 is 2.11 bits per heavy atom. The normalized spacial score (nSPS) is 15.5. The maximum atomic E-state index is 2.59. The van der Waals surface area contributed by atoms with Gasteiger partial charge in [0.05, 0.1) is 23.3 Å². The second-order valence-electron chi connectivity index (χ2n) is 11.7. The van der Waals surface area contributed by atoms with Gasteiger partial charge < -0.3 is 0 Å². The van der Waals surface area contributed by atoms with Crippen molar-refractivity contribution in [2.75, 3.05) is 6.54 Å². The van der Waals surface area contributed by atoms with E-state index in [1.165, 1.54) is 73.2 Å². The standard InChI is InChI=1S/C40H30N2S4/c1-2-20-41-21-18-28-9-10-29-19-22-42-30(11-13-32-15-17-38(46-32)36-7-4-24-44-36)25-27(26-34(42)40(29)39(28)33(41)5-1)8-12-31-14-16-37(45-31)35-6-3-23-43-35/h1-17,20-21,23-25H,18-19,22,26H2/q+2/b12-8+,13-11+. The van der Waals surface area contributed by atoms with Crippen LogP contribution in [-0.2, 0) is 12.8 Å². The third-order valence-corrected chi connectivity index (χ3v) is 13.2. The Balaban J connectivity index is 1.20. The number of thiophene rings is 4. The van der Waals surface area contributed by atoms with Gasteiger partial charge in [-0.3, -0.25) is 0 Å². The molecule has 0 spiro atoms. The minimum absolute atomic E-state index is 0.915. The van der Waals surface area contributed by atoms with E-state index in [-0.39, 0.29) is 0 Å². The summed E-state index contributed by atoms with van der Waals surface area (Å²) in [7, 11) is 0. The van der Waals surface area contributed by atoms with Gasteiger partial charge in [-0.05, 0) is 82.1 Å². The van der Waals surface area contributed by atoms with Crippen molar-refractivity contribution in [3.8, 4) is 19.5 Å². The van der Waals surface area contributed by atoms with E-state index in [1.54, 1.807) is 22.7 Å². The summed E-state index contributed by atoms with van der Waals surface area (Å²) in [6.45, 7) is 0.995. The van der Waals surface area contributed by atoms with Crippen LogP contribution < -0.4 is 9.46 Å². The molecule has 3 aliphatic rings.